The second kappa shape index (κ2) is 14.8. The highest BCUT2D eigenvalue weighted by Gasteiger charge is 2.18. The topological polar surface area (TPSA) is 43.1 Å². The Balaban J connectivity index is 3.52. The molecule has 3 nitrogen and oxygen atoms in total. The second-order valence-corrected chi connectivity index (χ2v) is 6.05. The van der Waals surface area contributed by atoms with E-state index in [-0.39, 0.29) is 11.0 Å². The number of rotatable bonds is 15. The van der Waals surface area contributed by atoms with Crippen LogP contribution < -0.4 is 0 Å². The van der Waals surface area contributed by atoms with Gasteiger partial charge in [0.2, 0.25) is 6.04 Å². The molecule has 0 aromatic rings. The number of hydrogen-bond donors (Lipinski definition) is 0. The van der Waals surface area contributed by atoms with E-state index >= 15 is 0 Å². The molecular formula is C17H35NO2. The largest absolute Gasteiger partial charge is 0.264 e. The summed E-state index contributed by atoms with van der Waals surface area (Å²) in [5, 5.41) is 11.0. The lowest BCUT2D eigenvalue weighted by molar-refractivity contribution is -0.524. The molecule has 1 unspecified atom stereocenters. The van der Waals surface area contributed by atoms with Gasteiger partial charge in [-0.25, -0.2) is 0 Å². The summed E-state index contributed by atoms with van der Waals surface area (Å²) in [5.74, 6) is 0. The lowest BCUT2D eigenvalue weighted by atomic mass is 10.0. The summed E-state index contributed by atoms with van der Waals surface area (Å²) in [7, 11) is 0. The average Bonchev–Trinajstić information content (AvgIpc) is 2.43. The van der Waals surface area contributed by atoms with Gasteiger partial charge >= 0.3 is 0 Å². The molecule has 0 aromatic carbocycles. The first-order chi connectivity index (χ1) is 9.72. The second-order valence-electron chi connectivity index (χ2n) is 6.05. The first-order valence-electron chi connectivity index (χ1n) is 8.85. The Morgan fingerprint density at radius 2 is 1.05 bits per heavy atom. The summed E-state index contributed by atoms with van der Waals surface area (Å²) in [6.07, 6.45) is 16.2. The molecule has 0 heterocycles. The van der Waals surface area contributed by atoms with Crippen molar-refractivity contribution in [2.75, 3.05) is 0 Å². The maximum Gasteiger partial charge on any atom is 0.213 e. The van der Waals surface area contributed by atoms with Crippen molar-refractivity contribution in [1.29, 1.82) is 0 Å². The standard InChI is InChI=1S/C17H35NO2/c1-3-5-7-9-10-12-14-16-17(18(19)20)15-13-11-8-6-4-2/h17H,3-16H2,1-2H3. The molecular weight excluding hydrogens is 250 g/mol. The number of hydrogen-bond acceptors (Lipinski definition) is 2. The van der Waals surface area contributed by atoms with Crippen LogP contribution in [0.2, 0.25) is 0 Å². The molecule has 0 amide bonds. The van der Waals surface area contributed by atoms with Crippen LogP contribution in [-0.2, 0) is 0 Å². The summed E-state index contributed by atoms with van der Waals surface area (Å²) < 4.78 is 0. The van der Waals surface area contributed by atoms with Crippen LogP contribution in [0.5, 0.6) is 0 Å². The maximum atomic E-state index is 11.0. The SMILES string of the molecule is CCCCCCCCCC(CCCCCCC)[N+](=O)[O-]. The van der Waals surface area contributed by atoms with Crippen molar-refractivity contribution in [3.8, 4) is 0 Å². The van der Waals surface area contributed by atoms with Gasteiger partial charge in [-0.1, -0.05) is 78.1 Å². The molecule has 0 aliphatic rings. The van der Waals surface area contributed by atoms with Crippen LogP contribution in [0.25, 0.3) is 0 Å². The molecule has 3 heteroatoms. The fourth-order valence-electron chi connectivity index (χ4n) is 2.68. The molecule has 1 atom stereocenters. The van der Waals surface area contributed by atoms with Crippen LogP contribution in [0.1, 0.15) is 104 Å². The molecule has 0 spiro atoms. The third-order valence-corrected chi connectivity index (χ3v) is 4.08. The van der Waals surface area contributed by atoms with Crippen molar-refractivity contribution in [3.05, 3.63) is 10.1 Å². The molecule has 20 heavy (non-hydrogen) atoms. The van der Waals surface area contributed by atoms with Crippen LogP contribution in [-0.4, -0.2) is 11.0 Å². The molecule has 0 saturated carbocycles. The van der Waals surface area contributed by atoms with Crippen molar-refractivity contribution in [2.45, 2.75) is 110 Å². The predicted molar refractivity (Wildman–Crippen MR) is 86.8 cm³/mol. The number of unbranched alkanes of at least 4 members (excludes halogenated alkanes) is 10. The van der Waals surface area contributed by atoms with Gasteiger partial charge < -0.3 is 0 Å². The lowest BCUT2D eigenvalue weighted by Crippen LogP contribution is -2.19. The quantitative estimate of drug-likeness (QED) is 0.206. The van der Waals surface area contributed by atoms with Crippen LogP contribution in [0, 0.1) is 10.1 Å². The van der Waals surface area contributed by atoms with E-state index < -0.39 is 0 Å². The molecule has 0 rings (SSSR count). The Morgan fingerprint density at radius 1 is 0.700 bits per heavy atom. The predicted octanol–water partition coefficient (Wildman–Crippen LogP) is 6.13. The molecule has 0 N–H and O–H groups in total. The highest BCUT2D eigenvalue weighted by Crippen LogP contribution is 2.16. The van der Waals surface area contributed by atoms with Gasteiger partial charge in [0.25, 0.3) is 0 Å². The molecule has 0 bridgehead atoms. The first kappa shape index (κ1) is 19.4. The summed E-state index contributed by atoms with van der Waals surface area (Å²) >= 11 is 0. The molecule has 0 aliphatic heterocycles. The summed E-state index contributed by atoms with van der Waals surface area (Å²) in [5.41, 5.74) is 0. The van der Waals surface area contributed by atoms with E-state index in [4.69, 9.17) is 0 Å². The zero-order valence-corrected chi connectivity index (χ0v) is 13.7. The van der Waals surface area contributed by atoms with E-state index in [0.29, 0.717) is 0 Å². The molecule has 120 valence electrons. The smallest absolute Gasteiger partial charge is 0.213 e. The zero-order chi connectivity index (χ0) is 15.1. The van der Waals surface area contributed by atoms with Crippen molar-refractivity contribution >= 4 is 0 Å². The molecule has 0 aliphatic carbocycles. The van der Waals surface area contributed by atoms with E-state index in [1.54, 1.807) is 0 Å². The van der Waals surface area contributed by atoms with E-state index in [2.05, 4.69) is 13.8 Å². The van der Waals surface area contributed by atoms with Crippen LogP contribution in [0.3, 0.4) is 0 Å². The number of nitro groups is 1. The molecule has 0 aromatic heterocycles. The lowest BCUT2D eigenvalue weighted by Gasteiger charge is -2.09. The van der Waals surface area contributed by atoms with Crippen molar-refractivity contribution in [3.63, 3.8) is 0 Å². The van der Waals surface area contributed by atoms with Crippen molar-refractivity contribution < 1.29 is 4.92 Å². The van der Waals surface area contributed by atoms with E-state index in [9.17, 15) is 10.1 Å². The third-order valence-electron chi connectivity index (χ3n) is 4.08. The number of nitrogens with zero attached hydrogens (tertiary/aromatic N) is 1. The van der Waals surface area contributed by atoms with Gasteiger partial charge in [0.05, 0.1) is 0 Å². The van der Waals surface area contributed by atoms with Gasteiger partial charge in [-0.3, -0.25) is 10.1 Å². The molecule has 0 radical (unpaired) electrons. The van der Waals surface area contributed by atoms with Crippen LogP contribution in [0.4, 0.5) is 0 Å². The Labute approximate surface area is 125 Å². The normalized spacial score (nSPS) is 12.5. The Bertz CT molecular complexity index is 219. The Kier molecular flexibility index (Phi) is 14.4. The van der Waals surface area contributed by atoms with Gasteiger partial charge in [-0.15, -0.1) is 0 Å². The maximum absolute atomic E-state index is 11.0. The average molecular weight is 285 g/mol. The monoisotopic (exact) mass is 285 g/mol. The molecule has 0 saturated heterocycles. The van der Waals surface area contributed by atoms with Gasteiger partial charge in [0.15, 0.2) is 0 Å². The fraction of sp³-hybridized carbons (Fsp3) is 1.00. The highest BCUT2D eigenvalue weighted by molar-refractivity contribution is 4.59. The summed E-state index contributed by atoms with van der Waals surface area (Å²) in [6.45, 7) is 4.42. The zero-order valence-electron chi connectivity index (χ0n) is 13.7. The highest BCUT2D eigenvalue weighted by atomic mass is 16.6. The third kappa shape index (κ3) is 12.4. The van der Waals surface area contributed by atoms with Crippen LogP contribution >= 0.6 is 0 Å². The minimum absolute atomic E-state index is 0.0447. The Morgan fingerprint density at radius 3 is 1.40 bits per heavy atom. The van der Waals surface area contributed by atoms with E-state index in [1.165, 1.54) is 57.8 Å². The first-order valence-corrected chi connectivity index (χ1v) is 8.85. The van der Waals surface area contributed by atoms with Gasteiger partial charge in [0.1, 0.15) is 0 Å². The minimum Gasteiger partial charge on any atom is -0.264 e. The van der Waals surface area contributed by atoms with Crippen molar-refractivity contribution in [1.82, 2.24) is 0 Å². The Hall–Kier alpha value is -0.600. The van der Waals surface area contributed by atoms with E-state index in [1.807, 2.05) is 0 Å². The summed E-state index contributed by atoms with van der Waals surface area (Å²) in [6, 6.07) is -0.285. The fourth-order valence-corrected chi connectivity index (χ4v) is 2.68. The summed E-state index contributed by atoms with van der Waals surface area (Å²) in [4.78, 5) is 11.0. The van der Waals surface area contributed by atoms with Gasteiger partial charge in [-0.05, 0) is 12.8 Å². The minimum atomic E-state index is -0.285. The van der Waals surface area contributed by atoms with Gasteiger partial charge in [0, 0.05) is 17.8 Å². The van der Waals surface area contributed by atoms with Gasteiger partial charge in [-0.2, -0.15) is 0 Å². The van der Waals surface area contributed by atoms with E-state index in [0.717, 1.165) is 32.1 Å². The molecule has 0 fully saturated rings. The van der Waals surface area contributed by atoms with Crippen molar-refractivity contribution in [2.24, 2.45) is 0 Å². The van der Waals surface area contributed by atoms with Crippen LogP contribution in [0.15, 0.2) is 0 Å².